The molecule has 0 aliphatic heterocycles. The molecule has 0 spiro atoms. The van der Waals surface area contributed by atoms with E-state index in [0.29, 0.717) is 5.65 Å². The summed E-state index contributed by atoms with van der Waals surface area (Å²) >= 11 is 6.03. The van der Waals surface area contributed by atoms with Crippen molar-refractivity contribution in [1.29, 1.82) is 0 Å². The molecule has 118 valence electrons. The van der Waals surface area contributed by atoms with Gasteiger partial charge >= 0.3 is 6.01 Å². The standard InChI is InChI=1S/C18H13ClN4O/c19-15-3-1-2-13(9-15)8-12-4-6-14(7-5-12)16-10-22-23-17(16)20-11-21-18(23)24/h1-7,9-11H,8H2,(H,20,21,24). The molecule has 0 amide bonds. The Morgan fingerprint density at radius 3 is 2.62 bits per heavy atom. The Kier molecular flexibility index (Phi) is 3.63. The number of hydrogen-bond donors (Lipinski definition) is 1. The fraction of sp³-hybridized carbons (Fsp3) is 0.0556. The summed E-state index contributed by atoms with van der Waals surface area (Å²) in [7, 11) is 0. The van der Waals surface area contributed by atoms with Gasteiger partial charge in [-0.2, -0.15) is 14.6 Å². The lowest BCUT2D eigenvalue weighted by Gasteiger charge is -2.04. The van der Waals surface area contributed by atoms with Crippen LogP contribution in [0.2, 0.25) is 5.02 Å². The Bertz CT molecular complexity index is 1010. The summed E-state index contributed by atoms with van der Waals surface area (Å²) in [5.74, 6) is 0. The predicted octanol–water partition coefficient (Wildman–Crippen LogP) is 3.74. The zero-order valence-electron chi connectivity index (χ0n) is 12.6. The average Bonchev–Trinajstić information content (AvgIpc) is 3.01. The number of rotatable bonds is 3. The molecule has 2 aromatic heterocycles. The highest BCUT2D eigenvalue weighted by molar-refractivity contribution is 6.30. The Labute approximate surface area is 143 Å². The van der Waals surface area contributed by atoms with Crippen molar-refractivity contribution in [3.63, 3.8) is 0 Å². The minimum absolute atomic E-state index is 0.177. The first kappa shape index (κ1) is 14.7. The summed E-state index contributed by atoms with van der Waals surface area (Å²) in [6.45, 7) is 0. The van der Waals surface area contributed by atoms with E-state index in [4.69, 9.17) is 11.6 Å². The molecule has 0 aliphatic rings. The van der Waals surface area contributed by atoms with Gasteiger partial charge in [0.25, 0.3) is 0 Å². The van der Waals surface area contributed by atoms with Gasteiger partial charge in [-0.05, 0) is 35.2 Å². The fourth-order valence-corrected chi connectivity index (χ4v) is 2.90. The third kappa shape index (κ3) is 2.70. The lowest BCUT2D eigenvalue weighted by Crippen LogP contribution is -1.93. The molecule has 2 heterocycles. The van der Waals surface area contributed by atoms with Gasteiger partial charge in [-0.15, -0.1) is 0 Å². The first-order valence-corrected chi connectivity index (χ1v) is 7.80. The van der Waals surface area contributed by atoms with Gasteiger partial charge in [0.15, 0.2) is 5.65 Å². The van der Waals surface area contributed by atoms with Gasteiger partial charge in [0.05, 0.1) is 6.20 Å². The van der Waals surface area contributed by atoms with Crippen LogP contribution in [0, 0.1) is 0 Å². The summed E-state index contributed by atoms with van der Waals surface area (Å²) in [5, 5.41) is 14.6. The summed E-state index contributed by atoms with van der Waals surface area (Å²) in [5.41, 5.74) is 4.77. The van der Waals surface area contributed by atoms with Crippen LogP contribution >= 0.6 is 11.6 Å². The number of hydrogen-bond acceptors (Lipinski definition) is 4. The molecule has 0 atom stereocenters. The molecule has 2 aromatic carbocycles. The molecule has 0 radical (unpaired) electrons. The van der Waals surface area contributed by atoms with Crippen LogP contribution in [0.15, 0.2) is 61.1 Å². The first-order valence-electron chi connectivity index (χ1n) is 7.42. The normalized spacial score (nSPS) is 11.0. The molecule has 0 fully saturated rings. The number of aromatic hydroxyl groups is 1. The number of benzene rings is 2. The van der Waals surface area contributed by atoms with E-state index < -0.39 is 0 Å². The van der Waals surface area contributed by atoms with Crippen molar-refractivity contribution in [2.75, 3.05) is 0 Å². The maximum Gasteiger partial charge on any atom is 0.318 e. The maximum absolute atomic E-state index is 9.70. The highest BCUT2D eigenvalue weighted by Gasteiger charge is 2.10. The number of halogens is 1. The molecule has 0 unspecified atom stereocenters. The second kappa shape index (κ2) is 5.94. The van der Waals surface area contributed by atoms with Crippen LogP contribution in [-0.2, 0) is 6.42 Å². The SMILES string of the molecule is Oc1ncnc2c(-c3ccc(Cc4cccc(Cl)c4)cc3)cnn12. The van der Waals surface area contributed by atoms with E-state index in [-0.39, 0.29) is 6.01 Å². The van der Waals surface area contributed by atoms with Crippen molar-refractivity contribution < 1.29 is 5.11 Å². The number of aromatic nitrogens is 4. The van der Waals surface area contributed by atoms with E-state index in [2.05, 4.69) is 33.3 Å². The van der Waals surface area contributed by atoms with Crippen LogP contribution in [0.25, 0.3) is 16.8 Å². The molecule has 4 aromatic rings. The Morgan fingerprint density at radius 1 is 1.00 bits per heavy atom. The lowest BCUT2D eigenvalue weighted by atomic mass is 10.0. The Morgan fingerprint density at radius 2 is 1.83 bits per heavy atom. The summed E-state index contributed by atoms with van der Waals surface area (Å²) in [6, 6.07) is 15.9. The molecule has 0 saturated heterocycles. The smallest absolute Gasteiger partial charge is 0.318 e. The summed E-state index contributed by atoms with van der Waals surface area (Å²) in [4.78, 5) is 7.91. The topological polar surface area (TPSA) is 63.3 Å². The molecule has 5 nitrogen and oxygen atoms in total. The average molecular weight is 337 g/mol. The van der Waals surface area contributed by atoms with Gasteiger partial charge in [0, 0.05) is 10.6 Å². The minimum Gasteiger partial charge on any atom is -0.479 e. The van der Waals surface area contributed by atoms with E-state index in [1.807, 2.05) is 30.3 Å². The van der Waals surface area contributed by atoms with Crippen LogP contribution in [0.1, 0.15) is 11.1 Å². The second-order valence-corrected chi connectivity index (χ2v) is 5.91. The van der Waals surface area contributed by atoms with Gasteiger partial charge in [0.1, 0.15) is 6.33 Å². The van der Waals surface area contributed by atoms with Crippen molar-refractivity contribution in [2.24, 2.45) is 0 Å². The Balaban J connectivity index is 1.65. The van der Waals surface area contributed by atoms with Gasteiger partial charge < -0.3 is 5.11 Å². The largest absolute Gasteiger partial charge is 0.479 e. The minimum atomic E-state index is -0.177. The van der Waals surface area contributed by atoms with Crippen LogP contribution in [0.5, 0.6) is 6.01 Å². The van der Waals surface area contributed by atoms with E-state index in [1.165, 1.54) is 22.0 Å². The van der Waals surface area contributed by atoms with Crippen molar-refractivity contribution >= 4 is 17.2 Å². The van der Waals surface area contributed by atoms with Gasteiger partial charge in [0.2, 0.25) is 0 Å². The second-order valence-electron chi connectivity index (χ2n) is 5.47. The molecule has 0 bridgehead atoms. The summed E-state index contributed by atoms with van der Waals surface area (Å²) < 4.78 is 1.31. The summed E-state index contributed by atoms with van der Waals surface area (Å²) in [6.07, 6.45) is 3.82. The van der Waals surface area contributed by atoms with Gasteiger partial charge in [-0.25, -0.2) is 4.98 Å². The zero-order chi connectivity index (χ0) is 16.5. The molecule has 6 heteroatoms. The maximum atomic E-state index is 9.70. The molecular formula is C18H13ClN4O. The fourth-order valence-electron chi connectivity index (χ4n) is 2.69. The van der Waals surface area contributed by atoms with E-state index in [9.17, 15) is 5.11 Å². The first-order chi connectivity index (χ1) is 11.7. The van der Waals surface area contributed by atoms with E-state index in [0.717, 1.165) is 22.6 Å². The molecular weight excluding hydrogens is 324 g/mol. The van der Waals surface area contributed by atoms with Crippen molar-refractivity contribution in [3.05, 3.63) is 77.2 Å². The number of fused-ring (bicyclic) bond motifs is 1. The predicted molar refractivity (Wildman–Crippen MR) is 92.1 cm³/mol. The van der Waals surface area contributed by atoms with Gasteiger partial charge in [-0.1, -0.05) is 48.0 Å². The van der Waals surface area contributed by atoms with Crippen LogP contribution in [-0.4, -0.2) is 24.7 Å². The van der Waals surface area contributed by atoms with Crippen LogP contribution in [0.3, 0.4) is 0 Å². The molecule has 1 N–H and O–H groups in total. The van der Waals surface area contributed by atoms with E-state index in [1.54, 1.807) is 6.20 Å². The molecule has 24 heavy (non-hydrogen) atoms. The quantitative estimate of drug-likeness (QED) is 0.619. The van der Waals surface area contributed by atoms with Gasteiger partial charge in [-0.3, -0.25) is 0 Å². The number of nitrogens with zero attached hydrogens (tertiary/aromatic N) is 4. The highest BCUT2D eigenvalue weighted by Crippen LogP contribution is 2.25. The van der Waals surface area contributed by atoms with Crippen molar-refractivity contribution in [2.45, 2.75) is 6.42 Å². The molecule has 4 rings (SSSR count). The third-order valence-corrected chi connectivity index (χ3v) is 4.08. The van der Waals surface area contributed by atoms with Crippen LogP contribution in [0.4, 0.5) is 0 Å². The third-order valence-electron chi connectivity index (χ3n) is 3.85. The Hall–Kier alpha value is -2.92. The monoisotopic (exact) mass is 336 g/mol. The van der Waals surface area contributed by atoms with Crippen LogP contribution < -0.4 is 0 Å². The van der Waals surface area contributed by atoms with Crippen molar-refractivity contribution in [3.8, 4) is 17.1 Å². The lowest BCUT2D eigenvalue weighted by molar-refractivity contribution is 0.411. The highest BCUT2D eigenvalue weighted by atomic mass is 35.5. The zero-order valence-corrected chi connectivity index (χ0v) is 13.4. The molecule has 0 saturated carbocycles. The van der Waals surface area contributed by atoms with E-state index >= 15 is 0 Å². The molecule has 0 aliphatic carbocycles. The van der Waals surface area contributed by atoms with Crippen molar-refractivity contribution in [1.82, 2.24) is 19.6 Å².